The average molecular weight is 220 g/mol. The SMILES string of the molecule is C[C@@H](c1cnccn1)N(C)[C@H]1CCCNC1. The molecule has 1 saturated heterocycles. The molecule has 0 unspecified atom stereocenters. The fourth-order valence-electron chi connectivity index (χ4n) is 2.23. The molecule has 2 heterocycles. The summed E-state index contributed by atoms with van der Waals surface area (Å²) >= 11 is 0. The molecule has 1 aromatic heterocycles. The summed E-state index contributed by atoms with van der Waals surface area (Å²) in [5.41, 5.74) is 1.05. The van der Waals surface area contributed by atoms with E-state index in [9.17, 15) is 0 Å². The van der Waals surface area contributed by atoms with Crippen molar-refractivity contribution in [1.82, 2.24) is 20.2 Å². The molecule has 4 heteroatoms. The van der Waals surface area contributed by atoms with Gasteiger partial charge in [-0.2, -0.15) is 0 Å². The molecule has 1 N–H and O–H groups in total. The van der Waals surface area contributed by atoms with Crippen molar-refractivity contribution in [2.45, 2.75) is 31.8 Å². The lowest BCUT2D eigenvalue weighted by atomic mass is 10.0. The first-order chi connectivity index (χ1) is 7.79. The summed E-state index contributed by atoms with van der Waals surface area (Å²) in [6.07, 6.45) is 7.88. The summed E-state index contributed by atoms with van der Waals surface area (Å²) in [5.74, 6) is 0. The lowest BCUT2D eigenvalue weighted by Gasteiger charge is -2.35. The van der Waals surface area contributed by atoms with Gasteiger partial charge in [0.05, 0.1) is 11.7 Å². The summed E-state index contributed by atoms with van der Waals surface area (Å²) in [5, 5.41) is 3.44. The van der Waals surface area contributed by atoms with E-state index in [2.05, 4.69) is 34.2 Å². The Morgan fingerprint density at radius 2 is 2.38 bits per heavy atom. The maximum atomic E-state index is 4.37. The molecule has 88 valence electrons. The molecule has 4 nitrogen and oxygen atoms in total. The minimum Gasteiger partial charge on any atom is -0.315 e. The third-order valence-corrected chi connectivity index (χ3v) is 3.47. The zero-order chi connectivity index (χ0) is 11.4. The van der Waals surface area contributed by atoms with Crippen molar-refractivity contribution in [3.8, 4) is 0 Å². The van der Waals surface area contributed by atoms with Gasteiger partial charge < -0.3 is 5.32 Å². The van der Waals surface area contributed by atoms with Gasteiger partial charge in [-0.25, -0.2) is 0 Å². The van der Waals surface area contributed by atoms with Crippen LogP contribution in [0.25, 0.3) is 0 Å². The van der Waals surface area contributed by atoms with Crippen LogP contribution in [-0.4, -0.2) is 41.0 Å². The Bertz CT molecular complexity index is 308. The number of aromatic nitrogens is 2. The summed E-state index contributed by atoms with van der Waals surface area (Å²) in [6, 6.07) is 0.948. The third-order valence-electron chi connectivity index (χ3n) is 3.47. The van der Waals surface area contributed by atoms with E-state index in [4.69, 9.17) is 0 Å². The van der Waals surface area contributed by atoms with Crippen LogP contribution < -0.4 is 5.32 Å². The second-order valence-electron chi connectivity index (χ2n) is 4.47. The van der Waals surface area contributed by atoms with Crippen LogP contribution in [-0.2, 0) is 0 Å². The smallest absolute Gasteiger partial charge is 0.0755 e. The predicted octanol–water partition coefficient (Wildman–Crippen LogP) is 1.22. The Hall–Kier alpha value is -1.00. The van der Waals surface area contributed by atoms with Gasteiger partial charge in [-0.1, -0.05) is 0 Å². The predicted molar refractivity (Wildman–Crippen MR) is 64.1 cm³/mol. The molecular weight excluding hydrogens is 200 g/mol. The molecule has 2 rings (SSSR count). The first-order valence-electron chi connectivity index (χ1n) is 5.97. The van der Waals surface area contributed by atoms with Crippen LogP contribution in [0.4, 0.5) is 0 Å². The van der Waals surface area contributed by atoms with Gasteiger partial charge in [0.2, 0.25) is 0 Å². The van der Waals surface area contributed by atoms with E-state index in [1.165, 1.54) is 12.8 Å². The number of rotatable bonds is 3. The van der Waals surface area contributed by atoms with E-state index in [0.29, 0.717) is 12.1 Å². The van der Waals surface area contributed by atoms with Crippen LogP contribution in [0.5, 0.6) is 0 Å². The zero-order valence-electron chi connectivity index (χ0n) is 10.1. The van der Waals surface area contributed by atoms with Gasteiger partial charge >= 0.3 is 0 Å². The summed E-state index contributed by atoms with van der Waals surface area (Å²) < 4.78 is 0. The van der Waals surface area contributed by atoms with Crippen LogP contribution in [0.3, 0.4) is 0 Å². The van der Waals surface area contributed by atoms with Crippen molar-refractivity contribution in [1.29, 1.82) is 0 Å². The van der Waals surface area contributed by atoms with E-state index in [-0.39, 0.29) is 0 Å². The standard InChI is InChI=1S/C12H20N4/c1-10(12-9-14-6-7-15-12)16(2)11-4-3-5-13-8-11/h6-7,9-11,13H,3-5,8H2,1-2H3/t10-,11-/m0/s1. The molecule has 0 bridgehead atoms. The van der Waals surface area contributed by atoms with Gasteiger partial charge in [0.25, 0.3) is 0 Å². The molecule has 0 saturated carbocycles. The molecule has 0 radical (unpaired) electrons. The summed E-state index contributed by atoms with van der Waals surface area (Å²) in [4.78, 5) is 10.9. The molecular formula is C12H20N4. The molecule has 1 aliphatic rings. The summed E-state index contributed by atoms with van der Waals surface area (Å²) in [7, 11) is 2.18. The van der Waals surface area contributed by atoms with E-state index in [1.807, 2.05) is 6.20 Å². The van der Waals surface area contributed by atoms with Gasteiger partial charge in [0, 0.05) is 31.2 Å². The van der Waals surface area contributed by atoms with Crippen LogP contribution in [0.2, 0.25) is 0 Å². The second-order valence-corrected chi connectivity index (χ2v) is 4.47. The van der Waals surface area contributed by atoms with Crippen molar-refractivity contribution in [2.24, 2.45) is 0 Å². The van der Waals surface area contributed by atoms with Crippen LogP contribution in [0, 0.1) is 0 Å². The van der Waals surface area contributed by atoms with Gasteiger partial charge in [-0.3, -0.25) is 14.9 Å². The van der Waals surface area contributed by atoms with Crippen molar-refractivity contribution in [3.05, 3.63) is 24.3 Å². The van der Waals surface area contributed by atoms with Crippen LogP contribution in [0.1, 0.15) is 31.5 Å². The minimum absolute atomic E-state index is 0.332. The number of nitrogens with zero attached hydrogens (tertiary/aromatic N) is 3. The van der Waals surface area contributed by atoms with Crippen LogP contribution >= 0.6 is 0 Å². The first kappa shape index (κ1) is 11.5. The van der Waals surface area contributed by atoms with Gasteiger partial charge in [0.15, 0.2) is 0 Å². The maximum Gasteiger partial charge on any atom is 0.0755 e. The van der Waals surface area contributed by atoms with Crippen molar-refractivity contribution >= 4 is 0 Å². The average Bonchev–Trinajstić information content (AvgIpc) is 2.39. The number of nitrogens with one attached hydrogen (secondary N) is 1. The molecule has 0 aromatic carbocycles. The van der Waals surface area contributed by atoms with Gasteiger partial charge in [-0.05, 0) is 33.4 Å². The molecule has 1 aromatic rings. The van der Waals surface area contributed by atoms with Crippen molar-refractivity contribution < 1.29 is 0 Å². The largest absolute Gasteiger partial charge is 0.315 e. The van der Waals surface area contributed by atoms with Crippen molar-refractivity contribution in [2.75, 3.05) is 20.1 Å². The number of piperidine rings is 1. The van der Waals surface area contributed by atoms with E-state index in [0.717, 1.165) is 18.8 Å². The highest BCUT2D eigenvalue weighted by Crippen LogP contribution is 2.20. The zero-order valence-corrected chi connectivity index (χ0v) is 10.1. The first-order valence-corrected chi connectivity index (χ1v) is 5.97. The second kappa shape index (κ2) is 5.37. The normalized spacial score (nSPS) is 23.3. The molecule has 2 atom stereocenters. The molecule has 16 heavy (non-hydrogen) atoms. The summed E-state index contributed by atoms with van der Waals surface area (Å²) in [6.45, 7) is 4.43. The quantitative estimate of drug-likeness (QED) is 0.831. The molecule has 0 aliphatic carbocycles. The number of hydrogen-bond donors (Lipinski definition) is 1. The highest BCUT2D eigenvalue weighted by Gasteiger charge is 2.23. The van der Waals surface area contributed by atoms with E-state index < -0.39 is 0 Å². The molecule has 1 fully saturated rings. The Kier molecular flexibility index (Phi) is 3.85. The Balaban J connectivity index is 2.00. The lowest BCUT2D eigenvalue weighted by molar-refractivity contribution is 0.153. The topological polar surface area (TPSA) is 41.1 Å². The number of hydrogen-bond acceptors (Lipinski definition) is 4. The Morgan fingerprint density at radius 1 is 1.50 bits per heavy atom. The fourth-order valence-corrected chi connectivity index (χ4v) is 2.23. The van der Waals surface area contributed by atoms with Crippen LogP contribution in [0.15, 0.2) is 18.6 Å². The van der Waals surface area contributed by atoms with E-state index >= 15 is 0 Å². The Morgan fingerprint density at radius 3 is 3.00 bits per heavy atom. The van der Waals surface area contributed by atoms with Gasteiger partial charge in [0.1, 0.15) is 0 Å². The lowest BCUT2D eigenvalue weighted by Crippen LogP contribution is -2.45. The molecule has 0 amide bonds. The maximum absolute atomic E-state index is 4.37. The fraction of sp³-hybridized carbons (Fsp3) is 0.667. The van der Waals surface area contributed by atoms with Crippen molar-refractivity contribution in [3.63, 3.8) is 0 Å². The van der Waals surface area contributed by atoms with Gasteiger partial charge in [-0.15, -0.1) is 0 Å². The minimum atomic E-state index is 0.332. The Labute approximate surface area is 97.1 Å². The van der Waals surface area contributed by atoms with E-state index in [1.54, 1.807) is 12.4 Å². The molecule has 1 aliphatic heterocycles. The highest BCUT2D eigenvalue weighted by molar-refractivity contribution is 5.02. The molecule has 0 spiro atoms. The third kappa shape index (κ3) is 2.57. The number of likely N-dealkylation sites (N-methyl/N-ethyl adjacent to an activating group) is 1. The monoisotopic (exact) mass is 220 g/mol. The highest BCUT2D eigenvalue weighted by atomic mass is 15.2.